The minimum atomic E-state index is -4.50. The molecule has 2 rings (SSSR count). The normalized spacial score (nSPS) is 11.7. The molecule has 6 N–H and O–H groups in total. The van der Waals surface area contributed by atoms with Crippen molar-refractivity contribution in [3.8, 4) is 11.4 Å². The second-order valence-electron chi connectivity index (χ2n) is 3.59. The Hall–Kier alpha value is -2.45. The van der Waals surface area contributed by atoms with E-state index in [4.69, 9.17) is 17.3 Å². The first-order valence-electron chi connectivity index (χ1n) is 4.73. The van der Waals surface area contributed by atoms with Gasteiger partial charge in [0, 0.05) is 11.3 Å². The van der Waals surface area contributed by atoms with E-state index in [-0.39, 0.29) is 23.0 Å². The topological polar surface area (TPSA) is 109 Å². The second-order valence-corrected chi connectivity index (χ2v) is 3.59. The number of anilines is 2. The first-order valence-corrected chi connectivity index (χ1v) is 4.73. The molecule has 0 amide bonds. The monoisotopic (exact) mass is 258 g/mol. The van der Waals surface area contributed by atoms with Crippen LogP contribution in [0.15, 0.2) is 18.2 Å². The molecule has 0 unspecified atom stereocenters. The fourth-order valence-corrected chi connectivity index (χ4v) is 1.44. The Morgan fingerprint density at radius 1 is 1.06 bits per heavy atom. The van der Waals surface area contributed by atoms with Crippen molar-refractivity contribution in [2.24, 2.45) is 0 Å². The van der Waals surface area contributed by atoms with Gasteiger partial charge in [0.15, 0.2) is 5.82 Å². The van der Waals surface area contributed by atoms with Gasteiger partial charge < -0.3 is 17.3 Å². The summed E-state index contributed by atoms with van der Waals surface area (Å²) in [5.74, 6) is 5.38. The molecule has 0 saturated carbocycles. The lowest BCUT2D eigenvalue weighted by Crippen LogP contribution is -2.14. The van der Waals surface area contributed by atoms with Gasteiger partial charge in [0.2, 0.25) is 5.95 Å². The van der Waals surface area contributed by atoms with Crippen molar-refractivity contribution in [2.75, 3.05) is 17.3 Å². The first kappa shape index (κ1) is 12.0. The van der Waals surface area contributed by atoms with Crippen molar-refractivity contribution >= 4 is 11.6 Å². The van der Waals surface area contributed by atoms with Crippen LogP contribution in [-0.2, 0) is 6.18 Å². The van der Waals surface area contributed by atoms with E-state index in [0.29, 0.717) is 0 Å². The van der Waals surface area contributed by atoms with E-state index in [0.717, 1.165) is 16.8 Å². The third kappa shape index (κ3) is 2.01. The highest BCUT2D eigenvalue weighted by Gasteiger charge is 2.31. The van der Waals surface area contributed by atoms with Crippen molar-refractivity contribution in [3.63, 3.8) is 0 Å². The predicted molar refractivity (Wildman–Crippen MR) is 59.4 cm³/mol. The molecule has 0 atom stereocenters. The Kier molecular flexibility index (Phi) is 2.53. The van der Waals surface area contributed by atoms with Gasteiger partial charge >= 0.3 is 6.18 Å². The maximum atomic E-state index is 12.6. The number of aromatic nitrogens is 3. The summed E-state index contributed by atoms with van der Waals surface area (Å²) in [6.45, 7) is 0. The molecular weight excluding hydrogens is 249 g/mol. The number of nitrogens with two attached hydrogens (primary N) is 3. The number of nitrogens with zero attached hydrogens (tertiary/aromatic N) is 3. The number of hydrogen-bond acceptors (Lipinski definition) is 5. The van der Waals surface area contributed by atoms with Gasteiger partial charge in [0.25, 0.3) is 0 Å². The summed E-state index contributed by atoms with van der Waals surface area (Å²) < 4.78 is 38.7. The minimum absolute atomic E-state index is 0.00491. The fraction of sp³-hybridized carbons (Fsp3) is 0.111. The lowest BCUT2D eigenvalue weighted by Gasteiger charge is -2.10. The zero-order valence-corrected chi connectivity index (χ0v) is 8.94. The summed E-state index contributed by atoms with van der Waals surface area (Å²) in [6.07, 6.45) is -4.50. The summed E-state index contributed by atoms with van der Waals surface area (Å²) in [5.41, 5.74) is 9.92. The molecule has 1 heterocycles. The first-order chi connectivity index (χ1) is 8.29. The van der Waals surface area contributed by atoms with Crippen LogP contribution in [0.2, 0.25) is 0 Å². The Morgan fingerprint density at radius 2 is 1.72 bits per heavy atom. The molecule has 0 bridgehead atoms. The molecule has 18 heavy (non-hydrogen) atoms. The van der Waals surface area contributed by atoms with Crippen LogP contribution in [-0.4, -0.2) is 14.9 Å². The van der Waals surface area contributed by atoms with Crippen molar-refractivity contribution < 1.29 is 13.2 Å². The molecule has 6 nitrogen and oxygen atoms in total. The molecule has 9 heteroatoms. The minimum Gasteiger partial charge on any atom is -0.399 e. The summed E-state index contributed by atoms with van der Waals surface area (Å²) in [6, 6.07) is 3.01. The average molecular weight is 258 g/mol. The van der Waals surface area contributed by atoms with Crippen LogP contribution in [0.25, 0.3) is 11.4 Å². The largest absolute Gasteiger partial charge is 0.416 e. The van der Waals surface area contributed by atoms with Crippen LogP contribution < -0.4 is 17.3 Å². The summed E-state index contributed by atoms with van der Waals surface area (Å²) >= 11 is 0. The van der Waals surface area contributed by atoms with Gasteiger partial charge in [-0.3, -0.25) is 0 Å². The Labute approximate surface area is 99.2 Å². The smallest absolute Gasteiger partial charge is 0.399 e. The van der Waals surface area contributed by atoms with Gasteiger partial charge in [-0.15, -0.1) is 10.2 Å². The highest BCUT2D eigenvalue weighted by Crippen LogP contribution is 2.33. The van der Waals surface area contributed by atoms with Crippen LogP contribution >= 0.6 is 0 Å². The molecule has 1 aromatic carbocycles. The maximum Gasteiger partial charge on any atom is 0.416 e. The third-order valence-electron chi connectivity index (χ3n) is 2.26. The molecule has 0 fully saturated rings. The van der Waals surface area contributed by atoms with E-state index >= 15 is 0 Å². The van der Waals surface area contributed by atoms with Crippen LogP contribution in [0, 0.1) is 0 Å². The van der Waals surface area contributed by atoms with Crippen molar-refractivity contribution in [1.82, 2.24) is 14.9 Å². The van der Waals surface area contributed by atoms with E-state index < -0.39 is 11.7 Å². The molecule has 0 radical (unpaired) electrons. The van der Waals surface area contributed by atoms with Crippen molar-refractivity contribution in [3.05, 3.63) is 23.8 Å². The van der Waals surface area contributed by atoms with Gasteiger partial charge in [-0.25, -0.2) is 4.68 Å². The molecule has 2 aromatic rings. The van der Waals surface area contributed by atoms with E-state index in [1.165, 1.54) is 6.07 Å². The summed E-state index contributed by atoms with van der Waals surface area (Å²) in [5, 5.41) is 7.05. The molecule has 0 aliphatic rings. The Balaban J connectivity index is 2.59. The van der Waals surface area contributed by atoms with E-state index in [2.05, 4.69) is 10.2 Å². The highest BCUT2D eigenvalue weighted by molar-refractivity contribution is 5.64. The van der Waals surface area contributed by atoms with Crippen molar-refractivity contribution in [2.45, 2.75) is 6.18 Å². The van der Waals surface area contributed by atoms with Crippen LogP contribution in [0.4, 0.5) is 24.8 Å². The SMILES string of the molecule is Nc1cc(-c2nnc(N)n2N)cc(C(F)(F)F)c1. The van der Waals surface area contributed by atoms with E-state index in [1.807, 2.05) is 0 Å². The number of nitrogen functional groups attached to an aromatic ring is 3. The lowest BCUT2D eigenvalue weighted by atomic mass is 10.1. The number of halogens is 3. The number of alkyl halides is 3. The Bertz CT molecular complexity index is 588. The number of rotatable bonds is 1. The molecular formula is C9H9F3N6. The standard InChI is InChI=1S/C9H9F3N6/c10-9(11,12)5-1-4(2-6(13)3-5)7-16-17-8(14)18(7)15/h1-3H,13,15H2,(H2,14,17). The number of benzene rings is 1. The average Bonchev–Trinajstić information content (AvgIpc) is 2.58. The van der Waals surface area contributed by atoms with Crippen molar-refractivity contribution in [1.29, 1.82) is 0 Å². The quantitative estimate of drug-likeness (QED) is 0.518. The molecule has 96 valence electrons. The van der Waals surface area contributed by atoms with Gasteiger partial charge in [0.1, 0.15) is 0 Å². The van der Waals surface area contributed by atoms with Gasteiger partial charge in [-0.2, -0.15) is 13.2 Å². The molecule has 1 aromatic heterocycles. The zero-order valence-electron chi connectivity index (χ0n) is 8.94. The van der Waals surface area contributed by atoms with E-state index in [9.17, 15) is 13.2 Å². The highest BCUT2D eigenvalue weighted by atomic mass is 19.4. The van der Waals surface area contributed by atoms with Crippen LogP contribution in [0.5, 0.6) is 0 Å². The van der Waals surface area contributed by atoms with Crippen LogP contribution in [0.1, 0.15) is 5.56 Å². The van der Waals surface area contributed by atoms with Crippen LogP contribution in [0.3, 0.4) is 0 Å². The summed E-state index contributed by atoms with van der Waals surface area (Å²) in [4.78, 5) is 0. The fourth-order valence-electron chi connectivity index (χ4n) is 1.44. The van der Waals surface area contributed by atoms with Gasteiger partial charge in [0.05, 0.1) is 5.56 Å². The third-order valence-corrected chi connectivity index (χ3v) is 2.26. The van der Waals surface area contributed by atoms with Gasteiger partial charge in [-0.05, 0) is 18.2 Å². The zero-order chi connectivity index (χ0) is 13.5. The predicted octanol–water partition coefficient (Wildman–Crippen LogP) is 0.842. The summed E-state index contributed by atoms with van der Waals surface area (Å²) in [7, 11) is 0. The lowest BCUT2D eigenvalue weighted by molar-refractivity contribution is -0.137. The number of hydrogen-bond donors (Lipinski definition) is 3. The molecule has 0 spiro atoms. The molecule has 0 aliphatic carbocycles. The maximum absolute atomic E-state index is 12.6. The second kappa shape index (κ2) is 3.79. The molecule has 0 saturated heterocycles. The van der Waals surface area contributed by atoms with E-state index in [1.54, 1.807) is 0 Å². The van der Waals surface area contributed by atoms with Gasteiger partial charge in [-0.1, -0.05) is 0 Å². The Morgan fingerprint density at radius 3 is 2.22 bits per heavy atom. The molecule has 0 aliphatic heterocycles.